The molecule has 0 radical (unpaired) electrons. The van der Waals surface area contributed by atoms with Crippen molar-refractivity contribution in [3.05, 3.63) is 0 Å². The number of ether oxygens (including phenoxy) is 6. The second-order valence-corrected chi connectivity index (χ2v) is 8.74. The molecule has 0 amide bonds. The van der Waals surface area contributed by atoms with Crippen LogP contribution in [0.1, 0.15) is 34.6 Å². The number of hydrogen-bond acceptors (Lipinski definition) is 15. The van der Waals surface area contributed by atoms with Gasteiger partial charge in [0.2, 0.25) is 0 Å². The molecule has 1 aliphatic heterocycles. The van der Waals surface area contributed by atoms with E-state index in [0.29, 0.717) is 0 Å². The van der Waals surface area contributed by atoms with Crippen LogP contribution in [-0.2, 0) is 57.2 Å². The summed E-state index contributed by atoms with van der Waals surface area (Å²) in [5, 5.41) is 9.00. The standard InChI is InChI=1S/C21H31NO13S/c1-10(24)31-7-16(32-11(2)25)17(33-12(3)26)18(34-13(4)27)19(35-14(5)28)20-22(9-23)15(8-36-20)21(29)30-6/h15-20,23H,7-9H2,1-6H3/t15-,16+,17-,18-,19-,20+/m0/s1. The number of methoxy groups -OCH3 is 1. The zero-order valence-corrected chi connectivity index (χ0v) is 21.6. The Labute approximate surface area is 211 Å². The highest BCUT2D eigenvalue weighted by Gasteiger charge is 2.52. The summed E-state index contributed by atoms with van der Waals surface area (Å²) in [7, 11) is 1.16. The minimum atomic E-state index is -1.63. The van der Waals surface area contributed by atoms with E-state index in [9.17, 15) is 33.9 Å². The molecule has 1 fully saturated rings. The van der Waals surface area contributed by atoms with Gasteiger partial charge in [-0.05, 0) is 0 Å². The Morgan fingerprint density at radius 3 is 1.81 bits per heavy atom. The summed E-state index contributed by atoms with van der Waals surface area (Å²) in [6, 6.07) is -0.941. The first kappa shape index (κ1) is 31.1. The van der Waals surface area contributed by atoms with Gasteiger partial charge in [0.15, 0.2) is 24.4 Å². The number of carbonyl (C=O) groups excluding carboxylic acids is 6. The average Bonchev–Trinajstić information content (AvgIpc) is 3.20. The van der Waals surface area contributed by atoms with Crippen molar-refractivity contribution in [1.82, 2.24) is 4.90 Å². The summed E-state index contributed by atoms with van der Waals surface area (Å²) in [4.78, 5) is 72.8. The molecular weight excluding hydrogens is 506 g/mol. The van der Waals surface area contributed by atoms with E-state index in [4.69, 9.17) is 28.4 Å². The maximum atomic E-state index is 12.2. The van der Waals surface area contributed by atoms with E-state index in [1.807, 2.05) is 0 Å². The summed E-state index contributed by atoms with van der Waals surface area (Å²) in [5.74, 6) is -4.74. The lowest BCUT2D eigenvalue weighted by atomic mass is 10.0. The average molecular weight is 538 g/mol. The van der Waals surface area contributed by atoms with Crippen molar-refractivity contribution in [2.75, 3.05) is 26.2 Å². The highest BCUT2D eigenvalue weighted by Crippen LogP contribution is 2.36. The van der Waals surface area contributed by atoms with Crippen molar-refractivity contribution in [3.63, 3.8) is 0 Å². The monoisotopic (exact) mass is 537 g/mol. The fourth-order valence-electron chi connectivity index (χ4n) is 3.51. The van der Waals surface area contributed by atoms with Gasteiger partial charge in [0.1, 0.15) is 12.6 Å². The Morgan fingerprint density at radius 1 is 0.833 bits per heavy atom. The first-order valence-electron chi connectivity index (χ1n) is 10.7. The highest BCUT2D eigenvalue weighted by molar-refractivity contribution is 8.00. The van der Waals surface area contributed by atoms with Crippen LogP contribution in [0.4, 0.5) is 0 Å². The first-order chi connectivity index (χ1) is 16.8. The largest absolute Gasteiger partial charge is 0.468 e. The van der Waals surface area contributed by atoms with Gasteiger partial charge in [-0.2, -0.15) is 0 Å². The van der Waals surface area contributed by atoms with Gasteiger partial charge in [-0.15, -0.1) is 11.8 Å². The van der Waals surface area contributed by atoms with Crippen LogP contribution in [0.3, 0.4) is 0 Å². The molecule has 15 heteroatoms. The van der Waals surface area contributed by atoms with Crippen LogP contribution < -0.4 is 0 Å². The molecule has 1 saturated heterocycles. The van der Waals surface area contributed by atoms with Gasteiger partial charge in [0.05, 0.1) is 19.2 Å². The quantitative estimate of drug-likeness (QED) is 0.240. The molecule has 204 valence electrons. The number of aliphatic hydroxyl groups is 1. The number of thioether (sulfide) groups is 1. The summed E-state index contributed by atoms with van der Waals surface area (Å²) >= 11 is 1.08. The SMILES string of the molecule is COC(=O)[C@@H]1CS[C@H]([C@@H](OC(C)=O)[C@@H](OC(C)=O)[C@@H](OC(C)=O)[C@@H](COC(C)=O)OC(C)=O)N1CO. The van der Waals surface area contributed by atoms with E-state index in [1.54, 1.807) is 0 Å². The number of hydrogen-bond donors (Lipinski definition) is 1. The Kier molecular flexibility index (Phi) is 12.6. The fourth-order valence-corrected chi connectivity index (χ4v) is 5.02. The van der Waals surface area contributed by atoms with E-state index in [1.165, 1.54) is 4.90 Å². The molecule has 0 aromatic rings. The smallest absolute Gasteiger partial charge is 0.324 e. The van der Waals surface area contributed by atoms with Crippen LogP contribution in [0, 0.1) is 0 Å². The van der Waals surface area contributed by atoms with Crippen LogP contribution in [0.25, 0.3) is 0 Å². The van der Waals surface area contributed by atoms with Crippen LogP contribution in [0.2, 0.25) is 0 Å². The predicted molar refractivity (Wildman–Crippen MR) is 120 cm³/mol. The second kappa shape index (κ2) is 14.6. The van der Waals surface area contributed by atoms with Crippen molar-refractivity contribution >= 4 is 47.6 Å². The lowest BCUT2D eigenvalue weighted by Crippen LogP contribution is -2.58. The molecule has 1 N–H and O–H groups in total. The van der Waals surface area contributed by atoms with Crippen molar-refractivity contribution in [1.29, 1.82) is 0 Å². The Hall–Kier alpha value is -2.91. The van der Waals surface area contributed by atoms with Gasteiger partial charge in [-0.1, -0.05) is 0 Å². The van der Waals surface area contributed by atoms with Crippen molar-refractivity contribution in [2.24, 2.45) is 0 Å². The van der Waals surface area contributed by atoms with Gasteiger partial charge >= 0.3 is 35.8 Å². The Morgan fingerprint density at radius 2 is 1.36 bits per heavy atom. The maximum absolute atomic E-state index is 12.2. The molecule has 0 bridgehead atoms. The van der Waals surface area contributed by atoms with E-state index in [0.717, 1.165) is 53.5 Å². The number of rotatable bonds is 12. The molecule has 0 spiro atoms. The van der Waals surface area contributed by atoms with E-state index >= 15 is 0 Å². The third kappa shape index (κ3) is 9.28. The molecule has 0 unspecified atom stereocenters. The minimum absolute atomic E-state index is 0.113. The molecule has 0 aromatic heterocycles. The summed E-state index contributed by atoms with van der Waals surface area (Å²) in [6.07, 6.45) is -6.20. The molecule has 1 rings (SSSR count). The number of aliphatic hydroxyl groups excluding tert-OH is 1. The van der Waals surface area contributed by atoms with Crippen LogP contribution >= 0.6 is 11.8 Å². The van der Waals surface area contributed by atoms with Gasteiger partial charge in [0, 0.05) is 40.4 Å². The Balaban J connectivity index is 3.62. The van der Waals surface area contributed by atoms with Crippen LogP contribution in [-0.4, -0.2) is 108 Å². The molecule has 6 atom stereocenters. The maximum Gasteiger partial charge on any atom is 0.324 e. The van der Waals surface area contributed by atoms with E-state index in [2.05, 4.69) is 0 Å². The predicted octanol–water partition coefficient (Wildman–Crippen LogP) is -0.857. The Bertz CT molecular complexity index is 835. The van der Waals surface area contributed by atoms with Gasteiger partial charge in [-0.25, -0.2) is 0 Å². The van der Waals surface area contributed by atoms with E-state index < -0.39 is 85.0 Å². The van der Waals surface area contributed by atoms with Crippen molar-refractivity contribution in [3.8, 4) is 0 Å². The molecule has 1 heterocycles. The van der Waals surface area contributed by atoms with Crippen molar-refractivity contribution < 1.29 is 62.3 Å². The highest BCUT2D eigenvalue weighted by atomic mass is 32.2. The van der Waals surface area contributed by atoms with Gasteiger partial charge in [0.25, 0.3) is 0 Å². The molecule has 14 nitrogen and oxygen atoms in total. The van der Waals surface area contributed by atoms with E-state index in [-0.39, 0.29) is 5.75 Å². The number of nitrogens with zero attached hydrogens (tertiary/aromatic N) is 1. The van der Waals surface area contributed by atoms with Crippen LogP contribution in [0.15, 0.2) is 0 Å². The fraction of sp³-hybridized carbons (Fsp3) is 0.714. The van der Waals surface area contributed by atoms with Crippen LogP contribution in [0.5, 0.6) is 0 Å². The third-order valence-corrected chi connectivity index (χ3v) is 6.15. The normalized spacial score (nSPS) is 20.8. The topological polar surface area (TPSA) is 181 Å². The zero-order valence-electron chi connectivity index (χ0n) is 20.8. The lowest BCUT2D eigenvalue weighted by molar-refractivity contribution is -0.205. The third-order valence-electron chi connectivity index (χ3n) is 4.76. The van der Waals surface area contributed by atoms with Gasteiger partial charge < -0.3 is 33.5 Å². The molecule has 0 saturated carbocycles. The molecule has 36 heavy (non-hydrogen) atoms. The minimum Gasteiger partial charge on any atom is -0.468 e. The second-order valence-electron chi connectivity index (χ2n) is 7.59. The first-order valence-corrected chi connectivity index (χ1v) is 11.7. The van der Waals surface area contributed by atoms with Gasteiger partial charge in [-0.3, -0.25) is 33.7 Å². The molecule has 0 aromatic carbocycles. The summed E-state index contributed by atoms with van der Waals surface area (Å²) in [6.45, 7) is 4.02. The zero-order chi connectivity index (χ0) is 27.6. The summed E-state index contributed by atoms with van der Waals surface area (Å²) in [5.41, 5.74) is 0. The lowest BCUT2D eigenvalue weighted by Gasteiger charge is -2.39. The number of carbonyl (C=O) groups is 6. The molecular formula is C21H31NO13S. The van der Waals surface area contributed by atoms with Crippen molar-refractivity contribution in [2.45, 2.75) is 70.5 Å². The molecule has 1 aliphatic rings. The summed E-state index contributed by atoms with van der Waals surface area (Å²) < 4.78 is 31.1. The number of esters is 6. The molecule has 0 aliphatic carbocycles.